The maximum atomic E-state index is 3.98. The fourth-order valence-corrected chi connectivity index (χ4v) is 2.40. The van der Waals surface area contributed by atoms with Gasteiger partial charge in [0.15, 0.2) is 0 Å². The van der Waals surface area contributed by atoms with Crippen LogP contribution in [-0.2, 0) is 0 Å². The van der Waals surface area contributed by atoms with Gasteiger partial charge in [0.1, 0.15) is 0 Å². The summed E-state index contributed by atoms with van der Waals surface area (Å²) < 4.78 is 0. The molecule has 0 fully saturated rings. The van der Waals surface area contributed by atoms with Crippen LogP contribution in [0.15, 0.2) is 72.4 Å². The third-order valence-electron chi connectivity index (χ3n) is 3.40. The van der Waals surface area contributed by atoms with Gasteiger partial charge < -0.3 is 0 Å². The minimum Gasteiger partial charge on any atom is -0.0988 e. The molecular formula is C19H26. The Labute approximate surface area is 118 Å². The van der Waals surface area contributed by atoms with Gasteiger partial charge in [0.25, 0.3) is 0 Å². The molecule has 0 aromatic rings. The van der Waals surface area contributed by atoms with Gasteiger partial charge in [-0.25, -0.2) is 0 Å². The summed E-state index contributed by atoms with van der Waals surface area (Å²) in [6.07, 6.45) is 19.5. The average molecular weight is 254 g/mol. The molecule has 0 aliphatic heterocycles. The molecule has 2 atom stereocenters. The second-order valence-corrected chi connectivity index (χ2v) is 5.39. The monoisotopic (exact) mass is 254 g/mol. The molecular weight excluding hydrogens is 228 g/mol. The van der Waals surface area contributed by atoms with Crippen molar-refractivity contribution in [2.45, 2.75) is 27.7 Å². The van der Waals surface area contributed by atoms with E-state index in [1.54, 1.807) is 0 Å². The van der Waals surface area contributed by atoms with E-state index in [9.17, 15) is 0 Å². The van der Waals surface area contributed by atoms with Crippen LogP contribution in [0.1, 0.15) is 27.7 Å². The predicted molar refractivity (Wildman–Crippen MR) is 86.9 cm³/mol. The summed E-state index contributed by atoms with van der Waals surface area (Å²) in [7, 11) is 0. The average Bonchev–Trinajstić information content (AvgIpc) is 2.59. The van der Waals surface area contributed by atoms with Crippen molar-refractivity contribution in [3.8, 4) is 0 Å². The van der Waals surface area contributed by atoms with Gasteiger partial charge in [-0.15, -0.1) is 0 Å². The van der Waals surface area contributed by atoms with Crippen molar-refractivity contribution < 1.29 is 0 Å². The molecule has 0 N–H and O–H groups in total. The second-order valence-electron chi connectivity index (χ2n) is 5.39. The van der Waals surface area contributed by atoms with E-state index in [1.807, 2.05) is 13.0 Å². The third-order valence-corrected chi connectivity index (χ3v) is 3.40. The molecule has 19 heavy (non-hydrogen) atoms. The normalized spacial score (nSPS) is 21.6. The van der Waals surface area contributed by atoms with Crippen molar-refractivity contribution in [1.82, 2.24) is 0 Å². The highest BCUT2D eigenvalue weighted by Crippen LogP contribution is 2.31. The van der Waals surface area contributed by atoms with Crippen LogP contribution >= 0.6 is 0 Å². The lowest BCUT2D eigenvalue weighted by Gasteiger charge is -2.23. The SMILES string of the molecule is C=C/C(=C\C=C/C)C(C1=CC=CC(C)C=C1)C(C)C. The molecule has 0 heterocycles. The van der Waals surface area contributed by atoms with E-state index in [-0.39, 0.29) is 0 Å². The molecule has 1 aliphatic carbocycles. The molecule has 102 valence electrons. The Balaban J connectivity index is 3.14. The topological polar surface area (TPSA) is 0 Å². The maximum absolute atomic E-state index is 3.98. The smallest absolute Gasteiger partial charge is 0.0112 e. The van der Waals surface area contributed by atoms with Crippen LogP contribution in [0.3, 0.4) is 0 Å². The van der Waals surface area contributed by atoms with Gasteiger partial charge in [-0.1, -0.05) is 82.0 Å². The quantitative estimate of drug-likeness (QED) is 0.557. The Morgan fingerprint density at radius 1 is 1.32 bits per heavy atom. The van der Waals surface area contributed by atoms with Gasteiger partial charge in [0.05, 0.1) is 0 Å². The number of hydrogen-bond donors (Lipinski definition) is 0. The van der Waals surface area contributed by atoms with E-state index in [4.69, 9.17) is 0 Å². The van der Waals surface area contributed by atoms with E-state index in [1.165, 1.54) is 11.1 Å². The summed E-state index contributed by atoms with van der Waals surface area (Å²) in [6.45, 7) is 12.8. The summed E-state index contributed by atoms with van der Waals surface area (Å²) in [5.41, 5.74) is 2.65. The van der Waals surface area contributed by atoms with Crippen molar-refractivity contribution in [3.05, 3.63) is 72.4 Å². The lowest BCUT2D eigenvalue weighted by Crippen LogP contribution is -2.13. The molecule has 0 nitrogen and oxygen atoms in total. The summed E-state index contributed by atoms with van der Waals surface area (Å²) in [5.74, 6) is 1.46. The van der Waals surface area contributed by atoms with Crippen LogP contribution in [0.2, 0.25) is 0 Å². The molecule has 0 heteroatoms. The fourth-order valence-electron chi connectivity index (χ4n) is 2.40. The molecule has 0 aromatic carbocycles. The first-order valence-corrected chi connectivity index (χ1v) is 7.12. The Bertz CT molecular complexity index is 439. The van der Waals surface area contributed by atoms with Gasteiger partial charge in [-0.3, -0.25) is 0 Å². The predicted octanol–water partition coefficient (Wildman–Crippen LogP) is 5.64. The van der Waals surface area contributed by atoms with E-state index in [2.05, 4.69) is 76.0 Å². The first-order chi connectivity index (χ1) is 9.10. The van der Waals surface area contributed by atoms with Crippen LogP contribution in [0, 0.1) is 17.8 Å². The summed E-state index contributed by atoms with van der Waals surface area (Å²) in [4.78, 5) is 0. The van der Waals surface area contributed by atoms with Crippen molar-refractivity contribution in [1.29, 1.82) is 0 Å². The molecule has 1 rings (SSSR count). The summed E-state index contributed by atoms with van der Waals surface area (Å²) >= 11 is 0. The Morgan fingerprint density at radius 3 is 2.63 bits per heavy atom. The lowest BCUT2D eigenvalue weighted by molar-refractivity contribution is 0.518. The van der Waals surface area contributed by atoms with Gasteiger partial charge in [-0.05, 0) is 29.9 Å². The summed E-state index contributed by atoms with van der Waals surface area (Å²) in [6, 6.07) is 0. The second kappa shape index (κ2) is 7.78. The van der Waals surface area contributed by atoms with Crippen molar-refractivity contribution in [3.63, 3.8) is 0 Å². The Hall–Kier alpha value is -1.56. The zero-order valence-corrected chi connectivity index (χ0v) is 12.6. The van der Waals surface area contributed by atoms with Crippen LogP contribution in [0.5, 0.6) is 0 Å². The van der Waals surface area contributed by atoms with Crippen LogP contribution in [0.25, 0.3) is 0 Å². The molecule has 2 unspecified atom stereocenters. The first-order valence-electron chi connectivity index (χ1n) is 7.12. The maximum Gasteiger partial charge on any atom is 0.0112 e. The Kier molecular flexibility index (Phi) is 6.35. The minimum atomic E-state index is 0.403. The zero-order chi connectivity index (χ0) is 14.3. The van der Waals surface area contributed by atoms with E-state index in [0.29, 0.717) is 17.8 Å². The third kappa shape index (κ3) is 4.55. The van der Waals surface area contributed by atoms with Crippen molar-refractivity contribution in [2.75, 3.05) is 0 Å². The minimum absolute atomic E-state index is 0.403. The largest absolute Gasteiger partial charge is 0.0988 e. The molecule has 0 bridgehead atoms. The van der Waals surface area contributed by atoms with E-state index in [0.717, 1.165) is 0 Å². The molecule has 0 saturated carbocycles. The standard InChI is InChI=1S/C19H26/c1-6-8-11-17(7-2)19(15(3)4)18-12-9-10-16(5)13-14-18/h6-16,19H,2H2,1,3-5H3/b8-6-,17-11+. The van der Waals surface area contributed by atoms with E-state index < -0.39 is 0 Å². The first kappa shape index (κ1) is 15.5. The number of hydrogen-bond acceptors (Lipinski definition) is 0. The Morgan fingerprint density at radius 2 is 2.05 bits per heavy atom. The molecule has 0 saturated heterocycles. The molecule has 0 aromatic heterocycles. The number of rotatable bonds is 5. The molecule has 0 amide bonds. The zero-order valence-electron chi connectivity index (χ0n) is 12.6. The van der Waals surface area contributed by atoms with Gasteiger partial charge >= 0.3 is 0 Å². The van der Waals surface area contributed by atoms with Crippen molar-refractivity contribution >= 4 is 0 Å². The van der Waals surface area contributed by atoms with Crippen LogP contribution < -0.4 is 0 Å². The van der Waals surface area contributed by atoms with Crippen LogP contribution in [-0.4, -0.2) is 0 Å². The molecule has 0 spiro atoms. The van der Waals surface area contributed by atoms with Gasteiger partial charge in [0.2, 0.25) is 0 Å². The highest BCUT2D eigenvalue weighted by Gasteiger charge is 2.19. The van der Waals surface area contributed by atoms with E-state index >= 15 is 0 Å². The van der Waals surface area contributed by atoms with Crippen molar-refractivity contribution in [2.24, 2.45) is 17.8 Å². The van der Waals surface area contributed by atoms with Crippen LogP contribution in [0.4, 0.5) is 0 Å². The molecule has 1 aliphatic rings. The summed E-state index contributed by atoms with van der Waals surface area (Å²) in [5, 5.41) is 0. The fraction of sp³-hybridized carbons (Fsp3) is 0.368. The van der Waals surface area contributed by atoms with Gasteiger partial charge in [0, 0.05) is 5.92 Å². The highest BCUT2D eigenvalue weighted by molar-refractivity contribution is 5.40. The van der Waals surface area contributed by atoms with Gasteiger partial charge in [-0.2, -0.15) is 0 Å². The lowest BCUT2D eigenvalue weighted by atomic mass is 9.81. The molecule has 0 radical (unpaired) electrons. The number of allylic oxidation sites excluding steroid dienone is 11. The highest BCUT2D eigenvalue weighted by atomic mass is 14.2.